The standard InChI is InChI=1S/C14H18N4O2/c1-20-11-7-5-10(6-8-11)18-13(16-17-14(18)19)12-4-2-3-9-15-12/h5-8,12,15H,2-4,9H2,1H3,(H,17,19). The largest absolute Gasteiger partial charge is 0.497 e. The minimum absolute atomic E-state index is 0.129. The molecule has 2 aromatic rings. The van der Waals surface area contributed by atoms with E-state index in [1.54, 1.807) is 11.7 Å². The Hall–Kier alpha value is -2.08. The molecule has 1 aromatic carbocycles. The SMILES string of the molecule is COc1ccc(-n2c(C3CCCCN3)n[nH]c2=O)cc1. The van der Waals surface area contributed by atoms with Crippen molar-refractivity contribution in [2.75, 3.05) is 13.7 Å². The van der Waals surface area contributed by atoms with Gasteiger partial charge in [-0.15, -0.1) is 0 Å². The third-order valence-corrected chi connectivity index (χ3v) is 3.65. The first kappa shape index (κ1) is 12.9. The summed E-state index contributed by atoms with van der Waals surface area (Å²) in [6, 6.07) is 7.54. The summed E-state index contributed by atoms with van der Waals surface area (Å²) in [5.41, 5.74) is 0.587. The molecule has 6 heteroatoms. The van der Waals surface area contributed by atoms with Crippen LogP contribution < -0.4 is 15.7 Å². The molecule has 1 aliphatic heterocycles. The van der Waals surface area contributed by atoms with Gasteiger partial charge in [-0.25, -0.2) is 14.5 Å². The van der Waals surface area contributed by atoms with Crippen LogP contribution in [0.15, 0.2) is 29.1 Å². The monoisotopic (exact) mass is 274 g/mol. The minimum Gasteiger partial charge on any atom is -0.497 e. The van der Waals surface area contributed by atoms with Crippen LogP contribution in [-0.2, 0) is 0 Å². The Balaban J connectivity index is 1.99. The van der Waals surface area contributed by atoms with E-state index >= 15 is 0 Å². The van der Waals surface area contributed by atoms with Crippen LogP contribution >= 0.6 is 0 Å². The van der Waals surface area contributed by atoms with Crippen LogP contribution in [0.3, 0.4) is 0 Å². The number of nitrogens with zero attached hydrogens (tertiary/aromatic N) is 2. The third-order valence-electron chi connectivity index (χ3n) is 3.65. The first-order chi connectivity index (χ1) is 9.79. The molecular weight excluding hydrogens is 256 g/mol. The zero-order valence-corrected chi connectivity index (χ0v) is 11.4. The van der Waals surface area contributed by atoms with Crippen molar-refractivity contribution in [3.05, 3.63) is 40.6 Å². The molecule has 3 rings (SSSR count). The Morgan fingerprint density at radius 1 is 1.30 bits per heavy atom. The van der Waals surface area contributed by atoms with E-state index in [-0.39, 0.29) is 11.7 Å². The van der Waals surface area contributed by atoms with Gasteiger partial charge in [0.2, 0.25) is 0 Å². The molecule has 1 saturated heterocycles. The highest BCUT2D eigenvalue weighted by Crippen LogP contribution is 2.23. The van der Waals surface area contributed by atoms with Crippen molar-refractivity contribution in [1.29, 1.82) is 0 Å². The molecule has 1 aliphatic rings. The van der Waals surface area contributed by atoms with Gasteiger partial charge in [0.1, 0.15) is 5.75 Å². The molecule has 1 aromatic heterocycles. The fourth-order valence-electron chi connectivity index (χ4n) is 2.60. The number of methoxy groups -OCH3 is 1. The molecule has 0 amide bonds. The van der Waals surface area contributed by atoms with E-state index < -0.39 is 0 Å². The first-order valence-corrected chi connectivity index (χ1v) is 6.85. The van der Waals surface area contributed by atoms with Crippen LogP contribution in [0.25, 0.3) is 5.69 Å². The normalized spacial score (nSPS) is 18.9. The number of nitrogens with one attached hydrogen (secondary N) is 2. The molecule has 1 unspecified atom stereocenters. The maximum absolute atomic E-state index is 12.0. The Kier molecular flexibility index (Phi) is 3.56. The van der Waals surface area contributed by atoms with Crippen molar-refractivity contribution in [1.82, 2.24) is 20.1 Å². The highest BCUT2D eigenvalue weighted by atomic mass is 16.5. The number of aromatic amines is 1. The Labute approximate surface area is 116 Å². The van der Waals surface area contributed by atoms with Crippen molar-refractivity contribution in [2.45, 2.75) is 25.3 Å². The second kappa shape index (κ2) is 5.50. The lowest BCUT2D eigenvalue weighted by Gasteiger charge is -2.22. The number of piperidine rings is 1. The topological polar surface area (TPSA) is 71.9 Å². The van der Waals surface area contributed by atoms with Crippen molar-refractivity contribution >= 4 is 0 Å². The van der Waals surface area contributed by atoms with Gasteiger partial charge in [0, 0.05) is 0 Å². The number of rotatable bonds is 3. The quantitative estimate of drug-likeness (QED) is 0.887. The van der Waals surface area contributed by atoms with Crippen LogP contribution in [0.4, 0.5) is 0 Å². The number of benzene rings is 1. The zero-order chi connectivity index (χ0) is 13.9. The lowest BCUT2D eigenvalue weighted by atomic mass is 10.0. The molecule has 0 spiro atoms. The number of ether oxygens (including phenoxy) is 1. The van der Waals surface area contributed by atoms with Gasteiger partial charge in [0.05, 0.1) is 18.8 Å². The molecule has 2 heterocycles. The number of aromatic nitrogens is 3. The van der Waals surface area contributed by atoms with Crippen molar-refractivity contribution in [2.24, 2.45) is 0 Å². The second-order valence-corrected chi connectivity index (χ2v) is 4.92. The average Bonchev–Trinajstić information content (AvgIpc) is 2.90. The van der Waals surface area contributed by atoms with Gasteiger partial charge in [-0.1, -0.05) is 6.42 Å². The van der Waals surface area contributed by atoms with Crippen molar-refractivity contribution in [3.8, 4) is 11.4 Å². The van der Waals surface area contributed by atoms with Gasteiger partial charge < -0.3 is 10.1 Å². The lowest BCUT2D eigenvalue weighted by molar-refractivity contribution is 0.393. The van der Waals surface area contributed by atoms with Gasteiger partial charge in [-0.2, -0.15) is 5.10 Å². The summed E-state index contributed by atoms with van der Waals surface area (Å²) in [6.07, 6.45) is 3.33. The van der Waals surface area contributed by atoms with E-state index in [0.717, 1.165) is 36.6 Å². The van der Waals surface area contributed by atoms with E-state index in [4.69, 9.17) is 4.74 Å². The zero-order valence-electron chi connectivity index (χ0n) is 11.4. The maximum atomic E-state index is 12.0. The highest BCUT2D eigenvalue weighted by Gasteiger charge is 2.22. The maximum Gasteiger partial charge on any atom is 0.347 e. The summed E-state index contributed by atoms with van der Waals surface area (Å²) in [5, 5.41) is 10.2. The Bertz CT molecular complexity index is 623. The molecule has 6 nitrogen and oxygen atoms in total. The molecule has 1 fully saturated rings. The van der Waals surface area contributed by atoms with E-state index in [9.17, 15) is 4.79 Å². The molecule has 20 heavy (non-hydrogen) atoms. The molecule has 1 atom stereocenters. The van der Waals surface area contributed by atoms with Gasteiger partial charge in [-0.3, -0.25) is 0 Å². The minimum atomic E-state index is -0.211. The molecule has 0 bridgehead atoms. The lowest BCUT2D eigenvalue weighted by Crippen LogP contribution is -2.30. The fourth-order valence-corrected chi connectivity index (χ4v) is 2.60. The molecule has 0 saturated carbocycles. The van der Waals surface area contributed by atoms with Gasteiger partial charge in [0.25, 0.3) is 0 Å². The molecule has 106 valence electrons. The molecular formula is C14H18N4O2. The average molecular weight is 274 g/mol. The molecule has 2 N–H and O–H groups in total. The summed E-state index contributed by atoms with van der Waals surface area (Å²) in [6.45, 7) is 0.967. The number of H-pyrrole nitrogens is 1. The van der Waals surface area contributed by atoms with Crippen molar-refractivity contribution in [3.63, 3.8) is 0 Å². The van der Waals surface area contributed by atoms with E-state index in [2.05, 4.69) is 15.5 Å². The second-order valence-electron chi connectivity index (χ2n) is 4.92. The third kappa shape index (κ3) is 2.34. The van der Waals surface area contributed by atoms with E-state index in [0.29, 0.717) is 0 Å². The summed E-state index contributed by atoms with van der Waals surface area (Å²) in [7, 11) is 1.62. The van der Waals surface area contributed by atoms with Gasteiger partial charge in [-0.05, 0) is 43.7 Å². The van der Waals surface area contributed by atoms with Crippen LogP contribution in [-0.4, -0.2) is 28.4 Å². The van der Waals surface area contributed by atoms with Crippen LogP contribution in [0.1, 0.15) is 31.1 Å². The summed E-state index contributed by atoms with van der Waals surface area (Å²) < 4.78 is 6.77. The number of hydrogen-bond donors (Lipinski definition) is 2. The van der Waals surface area contributed by atoms with Crippen LogP contribution in [0, 0.1) is 0 Å². The van der Waals surface area contributed by atoms with E-state index in [1.807, 2.05) is 24.3 Å². The predicted octanol–water partition coefficient (Wildman–Crippen LogP) is 1.38. The smallest absolute Gasteiger partial charge is 0.347 e. The Morgan fingerprint density at radius 3 is 2.75 bits per heavy atom. The van der Waals surface area contributed by atoms with E-state index in [1.165, 1.54) is 6.42 Å². The highest BCUT2D eigenvalue weighted by molar-refractivity contribution is 5.38. The Morgan fingerprint density at radius 2 is 2.10 bits per heavy atom. The summed E-state index contributed by atoms with van der Waals surface area (Å²) in [5.74, 6) is 1.52. The first-order valence-electron chi connectivity index (χ1n) is 6.85. The molecule has 0 aliphatic carbocycles. The summed E-state index contributed by atoms with van der Waals surface area (Å²) >= 11 is 0. The number of hydrogen-bond acceptors (Lipinski definition) is 4. The van der Waals surface area contributed by atoms with Crippen LogP contribution in [0.5, 0.6) is 5.75 Å². The van der Waals surface area contributed by atoms with Gasteiger partial charge >= 0.3 is 5.69 Å². The fraction of sp³-hybridized carbons (Fsp3) is 0.429. The van der Waals surface area contributed by atoms with Crippen molar-refractivity contribution < 1.29 is 4.74 Å². The summed E-state index contributed by atoms with van der Waals surface area (Å²) in [4.78, 5) is 12.0. The van der Waals surface area contributed by atoms with Crippen LogP contribution in [0.2, 0.25) is 0 Å². The predicted molar refractivity (Wildman–Crippen MR) is 75.3 cm³/mol. The van der Waals surface area contributed by atoms with Gasteiger partial charge in [0.15, 0.2) is 5.82 Å². The molecule has 0 radical (unpaired) electrons.